The number of hydrogen-bond donors (Lipinski definition) is 0. The van der Waals surface area contributed by atoms with Crippen molar-refractivity contribution in [1.29, 1.82) is 0 Å². The lowest BCUT2D eigenvalue weighted by Crippen LogP contribution is -2.05. The third kappa shape index (κ3) is 2.49. The van der Waals surface area contributed by atoms with Crippen LogP contribution in [0.2, 0.25) is 5.02 Å². The van der Waals surface area contributed by atoms with Crippen molar-refractivity contribution in [2.75, 3.05) is 0 Å². The van der Waals surface area contributed by atoms with Gasteiger partial charge in [-0.1, -0.05) is 23.2 Å². The second kappa shape index (κ2) is 5.15. The van der Waals surface area contributed by atoms with Gasteiger partial charge >= 0.3 is 0 Å². The molecule has 0 spiro atoms. The van der Waals surface area contributed by atoms with E-state index in [1.807, 2.05) is 6.92 Å². The van der Waals surface area contributed by atoms with Gasteiger partial charge in [-0.25, -0.2) is 0 Å². The van der Waals surface area contributed by atoms with Gasteiger partial charge in [0.2, 0.25) is 6.29 Å². The zero-order valence-electron chi connectivity index (χ0n) is 9.74. The second-order valence-electron chi connectivity index (χ2n) is 3.99. The van der Waals surface area contributed by atoms with Crippen molar-refractivity contribution in [3.05, 3.63) is 69.7 Å². The molecular formula is C15H10ClO2. The highest BCUT2D eigenvalue weighted by molar-refractivity contribution is 6.30. The summed E-state index contributed by atoms with van der Waals surface area (Å²) in [5.41, 5.74) is 2.07. The van der Waals surface area contributed by atoms with E-state index < -0.39 is 0 Å². The molecule has 0 unspecified atom stereocenters. The van der Waals surface area contributed by atoms with Gasteiger partial charge in [-0.15, -0.1) is 0 Å². The first-order valence-electron chi connectivity index (χ1n) is 5.41. The van der Waals surface area contributed by atoms with E-state index in [9.17, 15) is 9.59 Å². The molecule has 0 heterocycles. The van der Waals surface area contributed by atoms with Gasteiger partial charge in [-0.2, -0.15) is 0 Å². The monoisotopic (exact) mass is 257 g/mol. The van der Waals surface area contributed by atoms with E-state index in [2.05, 4.69) is 0 Å². The van der Waals surface area contributed by atoms with E-state index in [4.69, 9.17) is 11.6 Å². The standard InChI is InChI=1S/C15H10ClO2/c1-10-2-3-12(9-17)14(8-10)15(18)11-4-6-13(16)7-5-11/h2-8H,1H3. The maximum Gasteiger partial charge on any atom is 0.234 e. The molecular weight excluding hydrogens is 248 g/mol. The highest BCUT2D eigenvalue weighted by Crippen LogP contribution is 2.17. The average Bonchev–Trinajstić information content (AvgIpc) is 2.39. The van der Waals surface area contributed by atoms with Crippen LogP contribution in [0.4, 0.5) is 0 Å². The lowest BCUT2D eigenvalue weighted by atomic mass is 9.97. The number of benzene rings is 2. The quantitative estimate of drug-likeness (QED) is 0.791. The Morgan fingerprint density at radius 2 is 1.78 bits per heavy atom. The molecule has 0 amide bonds. The van der Waals surface area contributed by atoms with Gasteiger partial charge in [0.15, 0.2) is 5.78 Å². The Morgan fingerprint density at radius 3 is 2.39 bits per heavy atom. The van der Waals surface area contributed by atoms with Gasteiger partial charge in [0.1, 0.15) is 0 Å². The number of ketones is 1. The molecule has 0 saturated carbocycles. The van der Waals surface area contributed by atoms with Gasteiger partial charge < -0.3 is 0 Å². The Kier molecular flexibility index (Phi) is 3.58. The van der Waals surface area contributed by atoms with Crippen LogP contribution in [-0.4, -0.2) is 12.1 Å². The van der Waals surface area contributed by atoms with Gasteiger partial charge in [0.05, 0.1) is 0 Å². The molecule has 0 aromatic heterocycles. The molecule has 0 aliphatic carbocycles. The first-order chi connectivity index (χ1) is 8.61. The molecule has 2 nitrogen and oxygen atoms in total. The molecule has 1 radical (unpaired) electrons. The summed E-state index contributed by atoms with van der Waals surface area (Å²) < 4.78 is 0. The predicted octanol–water partition coefficient (Wildman–Crippen LogP) is 3.34. The molecule has 0 atom stereocenters. The lowest BCUT2D eigenvalue weighted by molar-refractivity contribution is 0.103. The predicted molar refractivity (Wildman–Crippen MR) is 70.9 cm³/mol. The van der Waals surface area contributed by atoms with E-state index in [0.717, 1.165) is 5.56 Å². The minimum atomic E-state index is -0.200. The van der Waals surface area contributed by atoms with Crippen molar-refractivity contribution in [2.24, 2.45) is 0 Å². The molecule has 89 valence electrons. The topological polar surface area (TPSA) is 34.1 Å². The van der Waals surface area contributed by atoms with E-state index in [1.165, 1.54) is 0 Å². The van der Waals surface area contributed by atoms with Gasteiger partial charge in [0.25, 0.3) is 0 Å². The molecule has 0 bridgehead atoms. The van der Waals surface area contributed by atoms with Crippen LogP contribution >= 0.6 is 11.6 Å². The van der Waals surface area contributed by atoms with Gasteiger partial charge in [0, 0.05) is 21.7 Å². The Labute approximate surface area is 110 Å². The molecule has 0 N–H and O–H groups in total. The summed E-state index contributed by atoms with van der Waals surface area (Å²) >= 11 is 5.77. The summed E-state index contributed by atoms with van der Waals surface area (Å²) in [5, 5.41) is 0.568. The zero-order valence-corrected chi connectivity index (χ0v) is 10.5. The van der Waals surface area contributed by atoms with Crippen molar-refractivity contribution < 1.29 is 9.59 Å². The minimum absolute atomic E-state index is 0.200. The van der Waals surface area contributed by atoms with Crippen molar-refractivity contribution in [2.45, 2.75) is 6.92 Å². The summed E-state index contributed by atoms with van der Waals surface area (Å²) in [6.07, 6.45) is 1.79. The highest BCUT2D eigenvalue weighted by atomic mass is 35.5. The van der Waals surface area contributed by atoms with Crippen LogP contribution in [0.1, 0.15) is 27.0 Å². The maximum atomic E-state index is 12.3. The van der Waals surface area contributed by atoms with Crippen molar-refractivity contribution in [3.8, 4) is 0 Å². The SMILES string of the molecule is Cc1ccc([C]=O)c(C(=O)c2ccc(Cl)cc2)c1. The van der Waals surface area contributed by atoms with Gasteiger partial charge in [-0.05, 0) is 43.3 Å². The molecule has 18 heavy (non-hydrogen) atoms. The first kappa shape index (κ1) is 12.5. The smallest absolute Gasteiger partial charge is 0.234 e. The fourth-order valence-corrected chi connectivity index (χ4v) is 1.82. The average molecular weight is 258 g/mol. The number of aryl methyl sites for hydroxylation is 1. The Balaban J connectivity index is 2.48. The van der Waals surface area contributed by atoms with Crippen molar-refractivity contribution >= 4 is 23.7 Å². The van der Waals surface area contributed by atoms with Crippen molar-refractivity contribution in [3.63, 3.8) is 0 Å². The van der Waals surface area contributed by atoms with Crippen LogP contribution in [0, 0.1) is 6.92 Å². The maximum absolute atomic E-state index is 12.3. The van der Waals surface area contributed by atoms with Crippen LogP contribution < -0.4 is 0 Å². The fourth-order valence-electron chi connectivity index (χ4n) is 1.69. The molecule has 0 saturated heterocycles. The molecule has 2 aromatic rings. The molecule has 0 aliphatic heterocycles. The number of carbonyl (C=O) groups is 1. The third-order valence-electron chi connectivity index (χ3n) is 2.64. The Morgan fingerprint density at radius 1 is 1.11 bits per heavy atom. The van der Waals surface area contributed by atoms with Crippen LogP contribution in [0.5, 0.6) is 0 Å². The van der Waals surface area contributed by atoms with E-state index in [0.29, 0.717) is 16.1 Å². The van der Waals surface area contributed by atoms with E-state index >= 15 is 0 Å². The molecule has 0 fully saturated rings. The molecule has 2 aromatic carbocycles. The second-order valence-corrected chi connectivity index (χ2v) is 4.42. The van der Waals surface area contributed by atoms with E-state index in [-0.39, 0.29) is 11.3 Å². The molecule has 2 rings (SSSR count). The number of hydrogen-bond acceptors (Lipinski definition) is 2. The Hall–Kier alpha value is -1.93. The summed E-state index contributed by atoms with van der Waals surface area (Å²) in [6.45, 7) is 1.87. The highest BCUT2D eigenvalue weighted by Gasteiger charge is 2.13. The van der Waals surface area contributed by atoms with Gasteiger partial charge in [-0.3, -0.25) is 9.59 Å². The summed E-state index contributed by atoms with van der Waals surface area (Å²) in [4.78, 5) is 23.1. The van der Waals surface area contributed by atoms with Crippen LogP contribution in [0.3, 0.4) is 0 Å². The third-order valence-corrected chi connectivity index (χ3v) is 2.89. The van der Waals surface area contributed by atoms with Crippen LogP contribution in [0.25, 0.3) is 0 Å². The largest absolute Gasteiger partial charge is 0.289 e. The number of carbonyl (C=O) groups excluding carboxylic acids is 2. The normalized spacial score (nSPS) is 10.1. The fraction of sp³-hybridized carbons (Fsp3) is 0.0667. The lowest BCUT2D eigenvalue weighted by Gasteiger charge is -2.05. The van der Waals surface area contributed by atoms with Crippen LogP contribution in [0.15, 0.2) is 42.5 Å². The van der Waals surface area contributed by atoms with E-state index in [1.54, 1.807) is 48.8 Å². The molecule has 0 aliphatic rings. The summed E-state index contributed by atoms with van der Waals surface area (Å²) in [5.74, 6) is -0.200. The minimum Gasteiger partial charge on any atom is -0.289 e. The number of halogens is 1. The Bertz CT molecular complexity index is 600. The van der Waals surface area contributed by atoms with Crippen LogP contribution in [-0.2, 0) is 4.79 Å². The van der Waals surface area contributed by atoms with Crippen molar-refractivity contribution in [1.82, 2.24) is 0 Å². The zero-order chi connectivity index (χ0) is 13.1. The summed E-state index contributed by atoms with van der Waals surface area (Å²) in [7, 11) is 0. The number of rotatable bonds is 3. The summed E-state index contributed by atoms with van der Waals surface area (Å²) in [6, 6.07) is 11.6. The molecule has 3 heteroatoms. The first-order valence-corrected chi connectivity index (χ1v) is 5.78.